The first-order valence-corrected chi connectivity index (χ1v) is 7.26. The third kappa shape index (κ3) is 2.50. The summed E-state index contributed by atoms with van der Waals surface area (Å²) < 4.78 is 5.46. The van der Waals surface area contributed by atoms with Gasteiger partial charge in [0.25, 0.3) is 0 Å². The van der Waals surface area contributed by atoms with Crippen molar-refractivity contribution >= 4 is 16.9 Å². The average molecular weight is 294 g/mol. The van der Waals surface area contributed by atoms with Gasteiger partial charge in [-0.3, -0.25) is 4.79 Å². The van der Waals surface area contributed by atoms with E-state index in [0.717, 1.165) is 16.5 Å². The Labute approximate surface area is 129 Å². The lowest BCUT2D eigenvalue weighted by atomic mass is 9.78. The molecule has 0 aliphatic rings. The average Bonchev–Trinajstić information content (AvgIpc) is 2.90. The van der Waals surface area contributed by atoms with Crippen LogP contribution in [0.5, 0.6) is 0 Å². The smallest absolute Gasteiger partial charge is 0.307 e. The van der Waals surface area contributed by atoms with E-state index in [0.29, 0.717) is 5.56 Å². The fourth-order valence-electron chi connectivity index (χ4n) is 2.79. The molecule has 0 unspecified atom stereocenters. The molecule has 0 aliphatic carbocycles. The summed E-state index contributed by atoms with van der Waals surface area (Å²) in [5, 5.41) is 9.89. The molecule has 3 heteroatoms. The Morgan fingerprint density at radius 1 is 1.09 bits per heavy atom. The minimum atomic E-state index is -0.851. The molecule has 1 aromatic heterocycles. The highest BCUT2D eigenvalue weighted by Gasteiger charge is 2.24. The van der Waals surface area contributed by atoms with Gasteiger partial charge in [0.05, 0.1) is 12.7 Å². The molecule has 3 rings (SSSR count). The molecule has 3 aromatic rings. The highest BCUT2D eigenvalue weighted by atomic mass is 16.4. The lowest BCUT2D eigenvalue weighted by molar-refractivity contribution is -0.136. The van der Waals surface area contributed by atoms with E-state index in [1.807, 2.05) is 36.4 Å². The summed E-state index contributed by atoms with van der Waals surface area (Å²) in [5.74, 6) is -0.851. The molecule has 0 atom stereocenters. The number of fused-ring (bicyclic) bond motifs is 1. The molecule has 0 fully saturated rings. The molecule has 1 heterocycles. The quantitative estimate of drug-likeness (QED) is 0.776. The maximum atomic E-state index is 11.0. The van der Waals surface area contributed by atoms with Gasteiger partial charge in [-0.1, -0.05) is 50.2 Å². The van der Waals surface area contributed by atoms with E-state index >= 15 is 0 Å². The number of carboxylic acids is 1. The monoisotopic (exact) mass is 294 g/mol. The van der Waals surface area contributed by atoms with Gasteiger partial charge in [-0.2, -0.15) is 0 Å². The van der Waals surface area contributed by atoms with Crippen molar-refractivity contribution in [2.75, 3.05) is 0 Å². The molecule has 0 spiro atoms. The van der Waals surface area contributed by atoms with Crippen molar-refractivity contribution in [1.82, 2.24) is 0 Å². The lowest BCUT2D eigenvalue weighted by Gasteiger charge is -2.26. The first-order chi connectivity index (χ1) is 10.5. The van der Waals surface area contributed by atoms with Gasteiger partial charge in [-0.25, -0.2) is 0 Å². The fraction of sp³-hybridized carbons (Fsp3) is 0.211. The standard InChI is InChI=1S/C19H18O3/c1-19(2,14-6-4-3-5-7-14)15-8-9-17-16(11-15)13(12-22-17)10-18(20)21/h3-9,11-12H,10H2,1-2H3,(H,20,21). The van der Waals surface area contributed by atoms with E-state index in [9.17, 15) is 4.79 Å². The molecule has 0 amide bonds. The largest absolute Gasteiger partial charge is 0.481 e. The Bertz CT molecular complexity index is 813. The van der Waals surface area contributed by atoms with Gasteiger partial charge < -0.3 is 9.52 Å². The van der Waals surface area contributed by atoms with E-state index < -0.39 is 5.97 Å². The van der Waals surface area contributed by atoms with Crippen LogP contribution in [-0.2, 0) is 16.6 Å². The van der Waals surface area contributed by atoms with Crippen molar-refractivity contribution in [2.24, 2.45) is 0 Å². The van der Waals surface area contributed by atoms with Crippen LogP contribution in [0.15, 0.2) is 59.2 Å². The number of benzene rings is 2. The number of hydrogen-bond donors (Lipinski definition) is 1. The number of rotatable bonds is 4. The molecule has 112 valence electrons. The third-order valence-corrected chi connectivity index (χ3v) is 4.21. The van der Waals surface area contributed by atoms with Crippen LogP contribution in [0.25, 0.3) is 11.0 Å². The van der Waals surface area contributed by atoms with Gasteiger partial charge >= 0.3 is 5.97 Å². The summed E-state index contributed by atoms with van der Waals surface area (Å²) in [6, 6.07) is 16.3. The Morgan fingerprint density at radius 2 is 1.82 bits per heavy atom. The van der Waals surface area contributed by atoms with E-state index in [1.165, 1.54) is 11.8 Å². The Hall–Kier alpha value is -2.55. The van der Waals surface area contributed by atoms with Crippen molar-refractivity contribution in [3.8, 4) is 0 Å². The topological polar surface area (TPSA) is 50.4 Å². The van der Waals surface area contributed by atoms with Crippen LogP contribution in [0.2, 0.25) is 0 Å². The number of hydrogen-bond acceptors (Lipinski definition) is 2. The molecule has 3 nitrogen and oxygen atoms in total. The molecule has 2 aromatic carbocycles. The maximum absolute atomic E-state index is 11.0. The van der Waals surface area contributed by atoms with Crippen LogP contribution >= 0.6 is 0 Å². The van der Waals surface area contributed by atoms with Gasteiger partial charge in [0.1, 0.15) is 5.58 Å². The van der Waals surface area contributed by atoms with Crippen LogP contribution in [0, 0.1) is 0 Å². The predicted molar refractivity (Wildman–Crippen MR) is 86.1 cm³/mol. The molecule has 0 saturated carbocycles. The third-order valence-electron chi connectivity index (χ3n) is 4.21. The Kier molecular flexibility index (Phi) is 3.49. The molecule has 0 aliphatic heterocycles. The zero-order chi connectivity index (χ0) is 15.7. The van der Waals surface area contributed by atoms with Gasteiger partial charge in [-0.15, -0.1) is 0 Å². The summed E-state index contributed by atoms with van der Waals surface area (Å²) in [5.41, 5.74) is 3.64. The second kappa shape index (κ2) is 5.34. The number of aliphatic carboxylic acids is 1. The highest BCUT2D eigenvalue weighted by Crippen LogP contribution is 2.34. The van der Waals surface area contributed by atoms with Crippen LogP contribution in [0.3, 0.4) is 0 Å². The zero-order valence-electron chi connectivity index (χ0n) is 12.7. The maximum Gasteiger partial charge on any atom is 0.307 e. The number of furan rings is 1. The number of carbonyl (C=O) groups is 1. The Balaban J connectivity index is 2.09. The molecule has 22 heavy (non-hydrogen) atoms. The van der Waals surface area contributed by atoms with Crippen molar-refractivity contribution in [3.63, 3.8) is 0 Å². The summed E-state index contributed by atoms with van der Waals surface area (Å²) in [6.07, 6.45) is 1.51. The van der Waals surface area contributed by atoms with E-state index in [-0.39, 0.29) is 11.8 Å². The van der Waals surface area contributed by atoms with Crippen LogP contribution in [0.1, 0.15) is 30.5 Å². The van der Waals surface area contributed by atoms with Crippen LogP contribution < -0.4 is 0 Å². The van der Waals surface area contributed by atoms with Crippen molar-refractivity contribution in [2.45, 2.75) is 25.7 Å². The summed E-state index contributed by atoms with van der Waals surface area (Å²) >= 11 is 0. The van der Waals surface area contributed by atoms with Gasteiger partial charge in [0, 0.05) is 16.4 Å². The number of carboxylic acid groups (broad SMARTS) is 1. The highest BCUT2D eigenvalue weighted by molar-refractivity contribution is 5.86. The normalized spacial score (nSPS) is 11.7. The SMILES string of the molecule is CC(C)(c1ccccc1)c1ccc2occ(CC(=O)O)c2c1. The lowest BCUT2D eigenvalue weighted by Crippen LogP contribution is -2.18. The summed E-state index contributed by atoms with van der Waals surface area (Å²) in [6.45, 7) is 4.33. The second-order valence-corrected chi connectivity index (χ2v) is 6.03. The van der Waals surface area contributed by atoms with E-state index in [4.69, 9.17) is 9.52 Å². The Morgan fingerprint density at radius 3 is 2.50 bits per heavy atom. The van der Waals surface area contributed by atoms with Crippen LogP contribution in [0.4, 0.5) is 0 Å². The van der Waals surface area contributed by atoms with Crippen molar-refractivity contribution in [1.29, 1.82) is 0 Å². The summed E-state index contributed by atoms with van der Waals surface area (Å²) in [4.78, 5) is 11.0. The molecular formula is C19H18O3. The molecular weight excluding hydrogens is 276 g/mol. The first kappa shape index (κ1) is 14.4. The van der Waals surface area contributed by atoms with Gasteiger partial charge in [-0.05, 0) is 23.3 Å². The van der Waals surface area contributed by atoms with Crippen LogP contribution in [-0.4, -0.2) is 11.1 Å². The molecule has 0 radical (unpaired) electrons. The first-order valence-electron chi connectivity index (χ1n) is 7.26. The van der Waals surface area contributed by atoms with Gasteiger partial charge in [0.2, 0.25) is 0 Å². The van der Waals surface area contributed by atoms with Gasteiger partial charge in [0.15, 0.2) is 0 Å². The van der Waals surface area contributed by atoms with Crippen molar-refractivity contribution in [3.05, 3.63) is 71.5 Å². The van der Waals surface area contributed by atoms with Crippen molar-refractivity contribution < 1.29 is 14.3 Å². The molecule has 1 N–H and O–H groups in total. The van der Waals surface area contributed by atoms with E-state index in [1.54, 1.807) is 0 Å². The molecule has 0 bridgehead atoms. The predicted octanol–water partition coefficient (Wildman–Crippen LogP) is 4.39. The molecule has 0 saturated heterocycles. The van der Waals surface area contributed by atoms with E-state index in [2.05, 4.69) is 26.0 Å². The minimum Gasteiger partial charge on any atom is -0.481 e. The minimum absolute atomic E-state index is 0.0256. The summed E-state index contributed by atoms with van der Waals surface area (Å²) in [7, 11) is 0. The fourth-order valence-corrected chi connectivity index (χ4v) is 2.79. The second-order valence-electron chi connectivity index (χ2n) is 6.03. The zero-order valence-corrected chi connectivity index (χ0v) is 12.7.